The van der Waals surface area contributed by atoms with Gasteiger partial charge in [0, 0.05) is 45.5 Å². The Labute approximate surface area is 161 Å². The number of piperazine rings is 1. The van der Waals surface area contributed by atoms with Gasteiger partial charge in [0.2, 0.25) is 5.91 Å². The molecule has 5 rings (SSSR count). The van der Waals surface area contributed by atoms with Crippen molar-refractivity contribution in [2.24, 2.45) is 5.92 Å². The van der Waals surface area contributed by atoms with Crippen molar-refractivity contribution in [3.05, 3.63) is 29.3 Å². The van der Waals surface area contributed by atoms with Gasteiger partial charge in [0.25, 0.3) is 0 Å². The van der Waals surface area contributed by atoms with E-state index in [0.29, 0.717) is 0 Å². The zero-order chi connectivity index (χ0) is 18.7. The Morgan fingerprint density at radius 2 is 1.85 bits per heavy atom. The summed E-state index contributed by atoms with van der Waals surface area (Å²) >= 11 is 0. The lowest BCUT2D eigenvalue weighted by atomic mass is 9.78. The standard InChI is InChI=1S/C21H30N4O2/c1-14-20-19(23(3)27-14)13-18-17-12-16(24-10-8-22(2)9-11-24)5-4-15(17)6-7-25(18)21(20)26/h4-5,12,14,18-20H,6-11,13H2,1-3H3/t14-,18-,19-,20-/m0/s1. The van der Waals surface area contributed by atoms with Gasteiger partial charge in [-0.15, -0.1) is 0 Å². The maximum atomic E-state index is 13.2. The molecule has 4 atom stereocenters. The molecule has 1 amide bonds. The number of nitrogens with zero attached hydrogens (tertiary/aromatic N) is 4. The summed E-state index contributed by atoms with van der Waals surface area (Å²) in [6, 6.07) is 7.32. The van der Waals surface area contributed by atoms with Crippen LogP contribution in [0.4, 0.5) is 5.69 Å². The fraction of sp³-hybridized carbons (Fsp3) is 0.667. The molecule has 6 nitrogen and oxygen atoms in total. The number of carbonyl (C=O) groups excluding carboxylic acids is 1. The molecule has 0 saturated carbocycles. The summed E-state index contributed by atoms with van der Waals surface area (Å²) in [7, 11) is 4.17. The second kappa shape index (κ2) is 6.47. The van der Waals surface area contributed by atoms with Crippen LogP contribution >= 0.6 is 0 Å². The molecule has 3 saturated heterocycles. The second-order valence-corrected chi connectivity index (χ2v) is 8.66. The molecular weight excluding hydrogens is 340 g/mol. The van der Waals surface area contributed by atoms with Crippen LogP contribution in [-0.4, -0.2) is 79.7 Å². The number of piperidine rings is 1. The van der Waals surface area contributed by atoms with E-state index in [1.165, 1.54) is 16.8 Å². The molecule has 0 aliphatic carbocycles. The fourth-order valence-electron chi connectivity index (χ4n) is 5.49. The molecule has 0 radical (unpaired) electrons. The highest BCUT2D eigenvalue weighted by atomic mass is 16.7. The Kier molecular flexibility index (Phi) is 4.18. The number of hydrogen-bond acceptors (Lipinski definition) is 5. The lowest BCUT2D eigenvalue weighted by Gasteiger charge is -2.46. The van der Waals surface area contributed by atoms with E-state index in [0.717, 1.165) is 45.6 Å². The Balaban J connectivity index is 1.46. The Morgan fingerprint density at radius 1 is 1.07 bits per heavy atom. The van der Waals surface area contributed by atoms with E-state index < -0.39 is 0 Å². The first-order valence-corrected chi connectivity index (χ1v) is 10.3. The molecule has 0 unspecified atom stereocenters. The van der Waals surface area contributed by atoms with Crippen molar-refractivity contribution >= 4 is 11.6 Å². The van der Waals surface area contributed by atoms with Gasteiger partial charge in [-0.1, -0.05) is 6.07 Å². The minimum atomic E-state index is -0.0217. The molecule has 1 aromatic carbocycles. The normalized spacial score (nSPS) is 34.4. The summed E-state index contributed by atoms with van der Waals surface area (Å²) in [5.41, 5.74) is 4.08. The molecule has 0 spiro atoms. The SMILES string of the molecule is C[C@@H]1ON(C)[C@H]2C[C@H]3c4cc(N5CCN(C)CC5)ccc4CCN3C(=O)[C@@H]12. The first kappa shape index (κ1) is 17.5. The summed E-state index contributed by atoms with van der Waals surface area (Å²) in [6.07, 6.45) is 1.91. The topological polar surface area (TPSA) is 39.3 Å². The van der Waals surface area contributed by atoms with E-state index in [1.807, 2.05) is 19.0 Å². The van der Waals surface area contributed by atoms with Crippen LogP contribution in [0.5, 0.6) is 0 Å². The van der Waals surface area contributed by atoms with E-state index in [9.17, 15) is 4.79 Å². The summed E-state index contributed by atoms with van der Waals surface area (Å²) in [6.45, 7) is 7.22. The predicted molar refractivity (Wildman–Crippen MR) is 105 cm³/mol. The van der Waals surface area contributed by atoms with Gasteiger partial charge in [-0.2, -0.15) is 5.06 Å². The molecule has 3 fully saturated rings. The largest absolute Gasteiger partial charge is 0.369 e. The fourth-order valence-corrected chi connectivity index (χ4v) is 5.49. The Morgan fingerprint density at radius 3 is 2.63 bits per heavy atom. The number of hydroxylamine groups is 2. The van der Waals surface area contributed by atoms with Crippen LogP contribution in [0.15, 0.2) is 18.2 Å². The van der Waals surface area contributed by atoms with Crippen molar-refractivity contribution in [1.82, 2.24) is 14.9 Å². The molecule has 27 heavy (non-hydrogen) atoms. The van der Waals surface area contributed by atoms with Gasteiger partial charge in [-0.3, -0.25) is 9.63 Å². The van der Waals surface area contributed by atoms with Crippen molar-refractivity contribution < 1.29 is 9.63 Å². The van der Waals surface area contributed by atoms with Crippen LogP contribution in [-0.2, 0) is 16.1 Å². The summed E-state index contributed by atoms with van der Waals surface area (Å²) in [5.74, 6) is 0.261. The lowest BCUT2D eigenvalue weighted by Crippen LogP contribution is -2.54. The van der Waals surface area contributed by atoms with Gasteiger partial charge in [-0.25, -0.2) is 0 Å². The average Bonchev–Trinajstić information content (AvgIpc) is 2.96. The molecule has 146 valence electrons. The number of carbonyl (C=O) groups is 1. The van der Waals surface area contributed by atoms with Gasteiger partial charge < -0.3 is 14.7 Å². The highest BCUT2D eigenvalue weighted by Gasteiger charge is 2.52. The third kappa shape index (κ3) is 2.77. The van der Waals surface area contributed by atoms with Gasteiger partial charge in [-0.05, 0) is 50.1 Å². The van der Waals surface area contributed by atoms with Crippen LogP contribution in [0.2, 0.25) is 0 Å². The predicted octanol–water partition coefficient (Wildman–Crippen LogP) is 1.52. The van der Waals surface area contributed by atoms with Crippen LogP contribution < -0.4 is 4.90 Å². The van der Waals surface area contributed by atoms with Crippen molar-refractivity contribution in [3.8, 4) is 0 Å². The van der Waals surface area contributed by atoms with E-state index in [1.54, 1.807) is 0 Å². The second-order valence-electron chi connectivity index (χ2n) is 8.66. The maximum absolute atomic E-state index is 13.2. The first-order valence-electron chi connectivity index (χ1n) is 10.3. The summed E-state index contributed by atoms with van der Waals surface area (Å²) < 4.78 is 0. The smallest absolute Gasteiger partial charge is 0.230 e. The van der Waals surface area contributed by atoms with Crippen LogP contribution in [0.25, 0.3) is 0 Å². The van der Waals surface area contributed by atoms with E-state index in [-0.39, 0.29) is 30.0 Å². The number of amides is 1. The number of fused-ring (bicyclic) bond motifs is 4. The van der Waals surface area contributed by atoms with E-state index >= 15 is 0 Å². The summed E-state index contributed by atoms with van der Waals surface area (Å²) in [4.78, 5) is 26.1. The van der Waals surface area contributed by atoms with Gasteiger partial charge in [0.15, 0.2) is 0 Å². The minimum Gasteiger partial charge on any atom is -0.369 e. The van der Waals surface area contributed by atoms with Crippen molar-refractivity contribution in [2.75, 3.05) is 51.7 Å². The van der Waals surface area contributed by atoms with Crippen LogP contribution in [0.1, 0.15) is 30.5 Å². The van der Waals surface area contributed by atoms with Gasteiger partial charge in [0.05, 0.1) is 24.1 Å². The average molecular weight is 370 g/mol. The van der Waals surface area contributed by atoms with E-state index in [4.69, 9.17) is 4.84 Å². The molecule has 0 N–H and O–H groups in total. The molecule has 0 aromatic heterocycles. The van der Waals surface area contributed by atoms with Gasteiger partial charge in [0.1, 0.15) is 0 Å². The molecule has 4 heterocycles. The Bertz CT molecular complexity index is 746. The van der Waals surface area contributed by atoms with Crippen molar-refractivity contribution in [2.45, 2.75) is 38.0 Å². The van der Waals surface area contributed by atoms with Crippen molar-refractivity contribution in [3.63, 3.8) is 0 Å². The number of hydrogen-bond donors (Lipinski definition) is 0. The van der Waals surface area contributed by atoms with Crippen molar-refractivity contribution in [1.29, 1.82) is 0 Å². The monoisotopic (exact) mass is 370 g/mol. The molecule has 4 aliphatic heterocycles. The zero-order valence-electron chi connectivity index (χ0n) is 16.6. The quantitative estimate of drug-likeness (QED) is 0.750. The lowest BCUT2D eigenvalue weighted by molar-refractivity contribution is -0.145. The van der Waals surface area contributed by atoms with E-state index in [2.05, 4.69) is 39.9 Å². The number of benzene rings is 1. The van der Waals surface area contributed by atoms with Crippen LogP contribution in [0, 0.1) is 5.92 Å². The third-order valence-corrected chi connectivity index (χ3v) is 7.11. The third-order valence-electron chi connectivity index (χ3n) is 7.11. The molecule has 1 aromatic rings. The highest BCUT2D eigenvalue weighted by molar-refractivity contribution is 5.82. The maximum Gasteiger partial charge on any atom is 0.230 e. The molecule has 0 bridgehead atoms. The Hall–Kier alpha value is -1.63. The van der Waals surface area contributed by atoms with Crippen LogP contribution in [0.3, 0.4) is 0 Å². The number of rotatable bonds is 1. The molecule has 6 heteroatoms. The molecular formula is C21H30N4O2. The number of anilines is 1. The molecule has 4 aliphatic rings. The zero-order valence-corrected chi connectivity index (χ0v) is 16.6. The number of likely N-dealkylation sites (N-methyl/N-ethyl adjacent to an activating group) is 1. The van der Waals surface area contributed by atoms with Gasteiger partial charge >= 0.3 is 0 Å². The summed E-state index contributed by atoms with van der Waals surface area (Å²) in [5, 5.41) is 1.93. The highest BCUT2D eigenvalue weighted by Crippen LogP contribution is 2.45. The first-order chi connectivity index (χ1) is 13.0. The minimum absolute atomic E-state index is 0.0198.